The Bertz CT molecular complexity index is 508. The van der Waals surface area contributed by atoms with E-state index >= 15 is 0 Å². The third kappa shape index (κ3) is 2.55. The van der Waals surface area contributed by atoms with Gasteiger partial charge in [-0.2, -0.15) is 0 Å². The van der Waals surface area contributed by atoms with Gasteiger partial charge in [0.25, 0.3) is 0 Å². The van der Waals surface area contributed by atoms with Gasteiger partial charge in [0.2, 0.25) is 0 Å². The molecular formula is C15H16BrClFN. The van der Waals surface area contributed by atoms with E-state index in [1.54, 1.807) is 0 Å². The summed E-state index contributed by atoms with van der Waals surface area (Å²) < 4.78 is 13.9. The summed E-state index contributed by atoms with van der Waals surface area (Å²) in [6.07, 6.45) is 7.22. The standard InChI is InChI=1S/C15H16BrClFN/c1-8(12-5-9-2-3-10(12)4-9)19-15-13(16)6-11(18)7-14(15)17/h2-3,6-10,12,19H,4-5H2,1H3. The first-order valence-corrected chi connectivity index (χ1v) is 7.81. The second-order valence-electron chi connectivity index (χ2n) is 5.62. The van der Waals surface area contributed by atoms with E-state index in [1.807, 2.05) is 0 Å². The van der Waals surface area contributed by atoms with E-state index in [1.165, 1.54) is 25.0 Å². The summed E-state index contributed by atoms with van der Waals surface area (Å²) in [6.45, 7) is 2.19. The molecule has 1 aromatic rings. The van der Waals surface area contributed by atoms with Crippen molar-refractivity contribution in [2.75, 3.05) is 5.32 Å². The zero-order valence-electron chi connectivity index (χ0n) is 10.7. The van der Waals surface area contributed by atoms with E-state index < -0.39 is 0 Å². The van der Waals surface area contributed by atoms with Crippen molar-refractivity contribution >= 4 is 33.2 Å². The van der Waals surface area contributed by atoms with Crippen LogP contribution in [0.1, 0.15) is 19.8 Å². The lowest BCUT2D eigenvalue weighted by Crippen LogP contribution is -2.29. The van der Waals surface area contributed by atoms with Gasteiger partial charge in [-0.15, -0.1) is 0 Å². The number of allylic oxidation sites excluding steroid dienone is 2. The number of halogens is 3. The molecule has 4 unspecified atom stereocenters. The topological polar surface area (TPSA) is 12.0 Å². The Kier molecular flexibility index (Phi) is 3.61. The molecule has 19 heavy (non-hydrogen) atoms. The molecular weight excluding hydrogens is 329 g/mol. The second kappa shape index (κ2) is 5.10. The lowest BCUT2D eigenvalue weighted by atomic mass is 9.87. The minimum atomic E-state index is -0.321. The molecule has 3 rings (SSSR count). The average molecular weight is 345 g/mol. The molecule has 1 aromatic carbocycles. The lowest BCUT2D eigenvalue weighted by molar-refractivity contribution is 0.400. The highest BCUT2D eigenvalue weighted by atomic mass is 79.9. The lowest BCUT2D eigenvalue weighted by Gasteiger charge is -2.28. The molecule has 0 radical (unpaired) electrons. The van der Waals surface area contributed by atoms with Gasteiger partial charge in [0.15, 0.2) is 0 Å². The minimum Gasteiger partial charge on any atom is -0.380 e. The van der Waals surface area contributed by atoms with Gasteiger partial charge in [0.1, 0.15) is 5.82 Å². The molecule has 0 saturated heterocycles. The number of fused-ring (bicyclic) bond motifs is 2. The van der Waals surface area contributed by atoms with Crippen LogP contribution in [-0.2, 0) is 0 Å². The van der Waals surface area contributed by atoms with E-state index in [4.69, 9.17) is 11.6 Å². The zero-order chi connectivity index (χ0) is 13.6. The number of hydrogen-bond donors (Lipinski definition) is 1. The Morgan fingerprint density at radius 3 is 2.74 bits per heavy atom. The normalized spacial score (nSPS) is 29.8. The molecule has 2 aliphatic carbocycles. The highest BCUT2D eigenvalue weighted by Crippen LogP contribution is 2.46. The van der Waals surface area contributed by atoms with Gasteiger partial charge in [-0.1, -0.05) is 23.8 Å². The van der Waals surface area contributed by atoms with Crippen LogP contribution in [0, 0.1) is 23.6 Å². The molecule has 0 spiro atoms. The molecule has 2 aliphatic rings. The molecule has 1 nitrogen and oxygen atoms in total. The van der Waals surface area contributed by atoms with Crippen LogP contribution in [0.2, 0.25) is 5.02 Å². The van der Waals surface area contributed by atoms with Crippen LogP contribution in [0.15, 0.2) is 28.8 Å². The van der Waals surface area contributed by atoms with Crippen molar-refractivity contribution in [3.63, 3.8) is 0 Å². The molecule has 0 aliphatic heterocycles. The summed E-state index contributed by atoms with van der Waals surface area (Å²) in [5, 5.41) is 3.88. The number of anilines is 1. The van der Waals surface area contributed by atoms with E-state index in [0.717, 1.165) is 11.6 Å². The summed E-state index contributed by atoms with van der Waals surface area (Å²) in [5.41, 5.74) is 0.794. The van der Waals surface area contributed by atoms with Crippen LogP contribution in [0.25, 0.3) is 0 Å². The molecule has 1 saturated carbocycles. The first-order chi connectivity index (χ1) is 9.04. The van der Waals surface area contributed by atoms with Gasteiger partial charge in [-0.05, 0) is 65.6 Å². The number of rotatable bonds is 3. The Morgan fingerprint density at radius 2 is 2.16 bits per heavy atom. The first kappa shape index (κ1) is 13.4. The highest BCUT2D eigenvalue weighted by molar-refractivity contribution is 9.10. The van der Waals surface area contributed by atoms with E-state index in [9.17, 15) is 4.39 Å². The molecule has 0 amide bonds. The maximum Gasteiger partial charge on any atom is 0.125 e. The SMILES string of the molecule is CC(Nc1c(Cl)cc(F)cc1Br)C1CC2C=CC1C2. The maximum atomic E-state index is 13.2. The summed E-state index contributed by atoms with van der Waals surface area (Å²) in [7, 11) is 0. The highest BCUT2D eigenvalue weighted by Gasteiger charge is 2.38. The molecule has 4 heteroatoms. The Balaban J connectivity index is 1.77. The van der Waals surface area contributed by atoms with Crippen molar-refractivity contribution in [2.45, 2.75) is 25.8 Å². The molecule has 102 valence electrons. The van der Waals surface area contributed by atoms with Crippen LogP contribution in [0.3, 0.4) is 0 Å². The minimum absolute atomic E-state index is 0.321. The Morgan fingerprint density at radius 1 is 1.37 bits per heavy atom. The van der Waals surface area contributed by atoms with Crippen LogP contribution in [-0.4, -0.2) is 6.04 Å². The van der Waals surface area contributed by atoms with Crippen molar-refractivity contribution in [1.29, 1.82) is 0 Å². The summed E-state index contributed by atoms with van der Waals surface area (Å²) in [5.74, 6) is 1.76. The van der Waals surface area contributed by atoms with Gasteiger partial charge < -0.3 is 5.32 Å². The van der Waals surface area contributed by atoms with Crippen LogP contribution in [0.4, 0.5) is 10.1 Å². The zero-order valence-corrected chi connectivity index (χ0v) is 13.0. The fraction of sp³-hybridized carbons (Fsp3) is 0.467. The van der Waals surface area contributed by atoms with Crippen molar-refractivity contribution in [3.05, 3.63) is 39.6 Å². The fourth-order valence-electron chi connectivity index (χ4n) is 3.41. The Hall–Kier alpha value is -0.540. The molecule has 0 aromatic heterocycles. The van der Waals surface area contributed by atoms with Crippen LogP contribution in [0.5, 0.6) is 0 Å². The third-order valence-electron chi connectivity index (χ3n) is 4.35. The molecule has 2 bridgehead atoms. The largest absolute Gasteiger partial charge is 0.380 e. The first-order valence-electron chi connectivity index (χ1n) is 6.64. The summed E-state index contributed by atoms with van der Waals surface area (Å²) in [6, 6.07) is 3.13. The molecule has 1 N–H and O–H groups in total. The number of nitrogens with one attached hydrogen (secondary N) is 1. The van der Waals surface area contributed by atoms with Crippen molar-refractivity contribution in [3.8, 4) is 0 Å². The Labute approximate surface area is 126 Å². The molecule has 1 fully saturated rings. The van der Waals surface area contributed by atoms with Gasteiger partial charge in [0.05, 0.1) is 10.7 Å². The predicted octanol–water partition coefficient (Wildman–Crippen LogP) is 5.25. The third-order valence-corrected chi connectivity index (χ3v) is 5.27. The average Bonchev–Trinajstić information content (AvgIpc) is 2.95. The van der Waals surface area contributed by atoms with Gasteiger partial charge in [-0.25, -0.2) is 4.39 Å². The van der Waals surface area contributed by atoms with E-state index in [2.05, 4.69) is 40.3 Å². The second-order valence-corrected chi connectivity index (χ2v) is 6.88. The van der Waals surface area contributed by atoms with Crippen LogP contribution < -0.4 is 5.32 Å². The fourth-order valence-corrected chi connectivity index (χ4v) is 4.33. The predicted molar refractivity (Wildman–Crippen MR) is 81.0 cm³/mol. The van der Waals surface area contributed by atoms with E-state index in [-0.39, 0.29) is 5.82 Å². The summed E-state index contributed by atoms with van der Waals surface area (Å²) in [4.78, 5) is 0. The van der Waals surface area contributed by atoms with Crippen LogP contribution >= 0.6 is 27.5 Å². The van der Waals surface area contributed by atoms with Gasteiger partial charge >= 0.3 is 0 Å². The van der Waals surface area contributed by atoms with Gasteiger partial charge in [-0.3, -0.25) is 0 Å². The molecule has 4 atom stereocenters. The van der Waals surface area contributed by atoms with Crippen molar-refractivity contribution in [1.82, 2.24) is 0 Å². The van der Waals surface area contributed by atoms with Crippen molar-refractivity contribution in [2.24, 2.45) is 17.8 Å². The molecule has 0 heterocycles. The number of benzene rings is 1. The quantitative estimate of drug-likeness (QED) is 0.738. The number of hydrogen-bond acceptors (Lipinski definition) is 1. The summed E-state index contributed by atoms with van der Waals surface area (Å²) >= 11 is 9.49. The van der Waals surface area contributed by atoms with E-state index in [0.29, 0.717) is 27.4 Å². The monoisotopic (exact) mass is 343 g/mol. The van der Waals surface area contributed by atoms with Gasteiger partial charge in [0, 0.05) is 10.5 Å². The smallest absolute Gasteiger partial charge is 0.125 e. The van der Waals surface area contributed by atoms with Crippen molar-refractivity contribution < 1.29 is 4.39 Å². The maximum absolute atomic E-state index is 13.2.